The largest absolute Gasteiger partial charge is 0.416 e. The Bertz CT molecular complexity index is 1570. The summed E-state index contributed by atoms with van der Waals surface area (Å²) in [5, 5.41) is 8.22. The summed E-state index contributed by atoms with van der Waals surface area (Å²) >= 11 is 0. The smallest absolute Gasteiger partial charge is 0.324 e. The second kappa shape index (κ2) is 11.8. The SMILES string of the molecule is CCC(=O)c1cccc(Nc2ncc(NC(=O)c3cc(NC(=O)c4cccc(C(F)(F)F)c4)ccc3C)cn2)c1. The van der Waals surface area contributed by atoms with Gasteiger partial charge in [-0.25, -0.2) is 9.97 Å². The van der Waals surface area contributed by atoms with Crippen LogP contribution in [0.1, 0.15) is 55.5 Å². The quantitative estimate of drug-likeness (QED) is 0.213. The third-order valence-corrected chi connectivity index (χ3v) is 5.86. The Hall–Kier alpha value is -5.06. The van der Waals surface area contributed by atoms with E-state index in [4.69, 9.17) is 0 Å². The minimum Gasteiger partial charge on any atom is -0.324 e. The third kappa shape index (κ3) is 6.87. The summed E-state index contributed by atoms with van der Waals surface area (Å²) in [6.07, 6.45) is -1.38. The van der Waals surface area contributed by atoms with Gasteiger partial charge in [-0.15, -0.1) is 0 Å². The second-order valence-corrected chi connectivity index (χ2v) is 8.79. The van der Waals surface area contributed by atoms with Gasteiger partial charge < -0.3 is 16.0 Å². The first kappa shape index (κ1) is 28.0. The number of aryl methyl sites for hydroxylation is 1. The molecule has 0 bridgehead atoms. The Balaban J connectivity index is 1.43. The highest BCUT2D eigenvalue weighted by atomic mass is 19.4. The Kier molecular flexibility index (Phi) is 8.23. The van der Waals surface area contributed by atoms with Crippen molar-refractivity contribution in [2.75, 3.05) is 16.0 Å². The van der Waals surface area contributed by atoms with Crippen LogP contribution in [0, 0.1) is 6.92 Å². The third-order valence-electron chi connectivity index (χ3n) is 5.86. The minimum atomic E-state index is -4.58. The molecule has 4 rings (SSSR count). The number of nitrogens with zero attached hydrogens (tertiary/aromatic N) is 2. The zero-order valence-corrected chi connectivity index (χ0v) is 21.5. The fourth-order valence-electron chi connectivity index (χ4n) is 3.74. The molecule has 0 unspecified atom stereocenters. The van der Waals surface area contributed by atoms with Crippen LogP contribution in [0.2, 0.25) is 0 Å². The predicted octanol–water partition coefficient (Wildman–Crippen LogP) is 6.64. The van der Waals surface area contributed by atoms with Crippen LogP contribution >= 0.6 is 0 Å². The van der Waals surface area contributed by atoms with Gasteiger partial charge in [0.25, 0.3) is 11.8 Å². The molecule has 0 saturated heterocycles. The van der Waals surface area contributed by atoms with Gasteiger partial charge in [0.15, 0.2) is 5.78 Å². The van der Waals surface area contributed by atoms with E-state index in [1.165, 1.54) is 24.5 Å². The molecule has 4 aromatic rings. The number of halogens is 3. The predicted molar refractivity (Wildman–Crippen MR) is 145 cm³/mol. The molecule has 3 aromatic carbocycles. The summed E-state index contributed by atoms with van der Waals surface area (Å²) in [6.45, 7) is 3.49. The standard InChI is InChI=1S/C29H24F3N5O3/c1-3-25(38)18-6-5-9-21(13-18)37-28-33-15-23(16-34-28)36-27(40)24-14-22(11-10-17(24)2)35-26(39)19-7-4-8-20(12-19)29(30,31)32/h4-16H,3H2,1-2H3,(H,35,39)(H,36,40)(H,33,34,37). The van der Waals surface area contributed by atoms with Crippen LogP contribution in [0.15, 0.2) is 79.1 Å². The number of rotatable bonds is 8. The summed E-state index contributed by atoms with van der Waals surface area (Å²) in [4.78, 5) is 45.8. The van der Waals surface area contributed by atoms with Crippen molar-refractivity contribution in [1.82, 2.24) is 9.97 Å². The van der Waals surface area contributed by atoms with Crippen LogP contribution in [-0.4, -0.2) is 27.6 Å². The van der Waals surface area contributed by atoms with E-state index in [1.54, 1.807) is 50.2 Å². The molecule has 204 valence electrons. The minimum absolute atomic E-state index is 0.0113. The normalized spacial score (nSPS) is 11.0. The van der Waals surface area contributed by atoms with Gasteiger partial charge >= 0.3 is 6.18 Å². The molecule has 8 nitrogen and oxygen atoms in total. The highest BCUT2D eigenvalue weighted by molar-refractivity contribution is 6.08. The van der Waals surface area contributed by atoms with Crippen LogP contribution in [0.5, 0.6) is 0 Å². The lowest BCUT2D eigenvalue weighted by molar-refractivity contribution is -0.137. The molecule has 0 fully saturated rings. The first-order valence-corrected chi connectivity index (χ1v) is 12.2. The van der Waals surface area contributed by atoms with Gasteiger partial charge in [-0.3, -0.25) is 14.4 Å². The number of aromatic nitrogens is 2. The number of nitrogens with one attached hydrogen (secondary N) is 3. The van der Waals surface area contributed by atoms with E-state index in [9.17, 15) is 27.6 Å². The van der Waals surface area contributed by atoms with Gasteiger partial charge in [0.1, 0.15) is 0 Å². The van der Waals surface area contributed by atoms with Crippen molar-refractivity contribution in [2.24, 2.45) is 0 Å². The molecule has 0 saturated carbocycles. The Labute approximate surface area is 227 Å². The number of Topliss-reactive ketones (excluding diaryl/α,β-unsaturated/α-hetero) is 1. The van der Waals surface area contributed by atoms with Crippen molar-refractivity contribution in [3.8, 4) is 0 Å². The molecule has 2 amide bonds. The van der Waals surface area contributed by atoms with Crippen molar-refractivity contribution in [1.29, 1.82) is 0 Å². The lowest BCUT2D eigenvalue weighted by Gasteiger charge is -2.12. The van der Waals surface area contributed by atoms with E-state index in [1.807, 2.05) is 0 Å². The number of anilines is 4. The van der Waals surface area contributed by atoms with Gasteiger partial charge in [-0.1, -0.05) is 31.2 Å². The van der Waals surface area contributed by atoms with Crippen molar-refractivity contribution in [3.05, 3.63) is 107 Å². The number of alkyl halides is 3. The number of ketones is 1. The molecule has 40 heavy (non-hydrogen) atoms. The van der Waals surface area contributed by atoms with Crippen molar-refractivity contribution in [3.63, 3.8) is 0 Å². The average Bonchev–Trinajstić information content (AvgIpc) is 2.94. The van der Waals surface area contributed by atoms with Crippen LogP contribution in [-0.2, 0) is 6.18 Å². The highest BCUT2D eigenvalue weighted by Gasteiger charge is 2.31. The zero-order chi connectivity index (χ0) is 28.9. The highest BCUT2D eigenvalue weighted by Crippen LogP contribution is 2.30. The first-order valence-electron chi connectivity index (χ1n) is 12.2. The molecule has 0 radical (unpaired) electrons. The van der Waals surface area contributed by atoms with Gasteiger partial charge in [-0.05, 0) is 55.0 Å². The lowest BCUT2D eigenvalue weighted by Crippen LogP contribution is -2.16. The van der Waals surface area contributed by atoms with Gasteiger partial charge in [0, 0.05) is 34.5 Å². The maximum atomic E-state index is 13.0. The molecule has 11 heteroatoms. The second-order valence-electron chi connectivity index (χ2n) is 8.79. The van der Waals surface area contributed by atoms with E-state index in [0.717, 1.165) is 18.2 Å². The molecular formula is C29H24F3N5O3. The van der Waals surface area contributed by atoms with E-state index in [0.29, 0.717) is 28.9 Å². The molecule has 0 spiro atoms. The van der Waals surface area contributed by atoms with E-state index in [-0.39, 0.29) is 28.5 Å². The molecule has 0 aliphatic heterocycles. The first-order chi connectivity index (χ1) is 19.0. The molecule has 0 aliphatic carbocycles. The Morgan fingerprint density at radius 3 is 2.15 bits per heavy atom. The van der Waals surface area contributed by atoms with Crippen LogP contribution < -0.4 is 16.0 Å². The molecule has 3 N–H and O–H groups in total. The van der Waals surface area contributed by atoms with Crippen molar-refractivity contribution >= 4 is 40.6 Å². The van der Waals surface area contributed by atoms with Crippen LogP contribution in [0.4, 0.5) is 36.2 Å². The van der Waals surface area contributed by atoms with E-state index >= 15 is 0 Å². The fraction of sp³-hybridized carbons (Fsp3) is 0.138. The van der Waals surface area contributed by atoms with E-state index < -0.39 is 23.6 Å². The number of carbonyl (C=O) groups is 3. The number of carbonyl (C=O) groups excluding carboxylic acids is 3. The summed E-state index contributed by atoms with van der Waals surface area (Å²) in [5.74, 6) is -0.975. The van der Waals surface area contributed by atoms with E-state index in [2.05, 4.69) is 25.9 Å². The molecule has 1 aromatic heterocycles. The fourth-order valence-corrected chi connectivity index (χ4v) is 3.74. The maximum absolute atomic E-state index is 13.0. The summed E-state index contributed by atoms with van der Waals surface area (Å²) < 4.78 is 39.0. The van der Waals surface area contributed by atoms with Gasteiger partial charge in [-0.2, -0.15) is 13.2 Å². The molecule has 1 heterocycles. The average molecular weight is 548 g/mol. The van der Waals surface area contributed by atoms with Crippen LogP contribution in [0.3, 0.4) is 0 Å². The monoisotopic (exact) mass is 547 g/mol. The summed E-state index contributed by atoms with van der Waals surface area (Å²) in [6, 6.07) is 15.6. The van der Waals surface area contributed by atoms with Gasteiger partial charge in [0.2, 0.25) is 5.95 Å². The number of hydrogen-bond donors (Lipinski definition) is 3. The topological polar surface area (TPSA) is 113 Å². The van der Waals surface area contributed by atoms with Crippen LogP contribution in [0.25, 0.3) is 0 Å². The Morgan fingerprint density at radius 1 is 0.775 bits per heavy atom. The van der Waals surface area contributed by atoms with Gasteiger partial charge in [0.05, 0.1) is 23.6 Å². The summed E-state index contributed by atoms with van der Waals surface area (Å²) in [7, 11) is 0. The number of amides is 2. The van der Waals surface area contributed by atoms with Crippen molar-refractivity contribution < 1.29 is 27.6 Å². The molecule has 0 aliphatic rings. The number of hydrogen-bond acceptors (Lipinski definition) is 6. The Morgan fingerprint density at radius 2 is 1.45 bits per heavy atom. The lowest BCUT2D eigenvalue weighted by atomic mass is 10.1. The molecule has 0 atom stereocenters. The molecular weight excluding hydrogens is 523 g/mol. The zero-order valence-electron chi connectivity index (χ0n) is 21.5. The maximum Gasteiger partial charge on any atom is 0.416 e. The number of benzene rings is 3. The van der Waals surface area contributed by atoms with Crippen molar-refractivity contribution in [2.45, 2.75) is 26.4 Å². The summed E-state index contributed by atoms with van der Waals surface area (Å²) in [5.41, 5.74) is 1.48.